The SMILES string of the molecule is Cc1cc(/C=N\N2CC[NH+](C)CC2)c(C)n1Cc1ccco1. The van der Waals surface area contributed by atoms with Gasteiger partial charge in [-0.05, 0) is 32.0 Å². The van der Waals surface area contributed by atoms with Gasteiger partial charge in [0.25, 0.3) is 0 Å². The third-order valence-electron chi connectivity index (χ3n) is 4.46. The number of hydrazone groups is 1. The minimum atomic E-state index is 0.774. The molecule has 118 valence electrons. The molecule has 0 aliphatic carbocycles. The van der Waals surface area contributed by atoms with Crippen molar-refractivity contribution in [3.05, 3.63) is 47.2 Å². The predicted octanol–water partition coefficient (Wildman–Crippen LogP) is 0.910. The second-order valence-electron chi connectivity index (χ2n) is 6.15. The minimum Gasteiger partial charge on any atom is -0.467 e. The Labute approximate surface area is 131 Å². The molecule has 0 bridgehead atoms. The second kappa shape index (κ2) is 6.40. The van der Waals surface area contributed by atoms with Gasteiger partial charge in [-0.3, -0.25) is 5.01 Å². The van der Waals surface area contributed by atoms with E-state index < -0.39 is 0 Å². The number of rotatable bonds is 4. The van der Waals surface area contributed by atoms with Gasteiger partial charge in [0.15, 0.2) is 0 Å². The smallest absolute Gasteiger partial charge is 0.123 e. The summed E-state index contributed by atoms with van der Waals surface area (Å²) in [6.45, 7) is 9.44. The number of aromatic nitrogens is 1. The maximum absolute atomic E-state index is 5.46. The number of hydrogen-bond acceptors (Lipinski definition) is 3. The number of hydrogen-bond donors (Lipinski definition) is 1. The van der Waals surface area contributed by atoms with Crippen molar-refractivity contribution in [1.29, 1.82) is 0 Å². The van der Waals surface area contributed by atoms with Crippen LogP contribution in [0, 0.1) is 13.8 Å². The maximum Gasteiger partial charge on any atom is 0.123 e. The van der Waals surface area contributed by atoms with Crippen LogP contribution in [0.5, 0.6) is 0 Å². The number of piperazine rings is 1. The van der Waals surface area contributed by atoms with Gasteiger partial charge in [-0.25, -0.2) is 0 Å². The van der Waals surface area contributed by atoms with Crippen molar-refractivity contribution in [1.82, 2.24) is 9.58 Å². The summed E-state index contributed by atoms with van der Waals surface area (Å²) >= 11 is 0. The van der Waals surface area contributed by atoms with Crippen LogP contribution in [0.2, 0.25) is 0 Å². The van der Waals surface area contributed by atoms with Gasteiger partial charge in [0.05, 0.1) is 52.2 Å². The minimum absolute atomic E-state index is 0.774. The average molecular weight is 301 g/mol. The Morgan fingerprint density at radius 2 is 2.09 bits per heavy atom. The lowest BCUT2D eigenvalue weighted by Crippen LogP contribution is -3.11. The van der Waals surface area contributed by atoms with Gasteiger partial charge in [0.2, 0.25) is 0 Å². The fraction of sp³-hybridized carbons (Fsp3) is 0.471. The Morgan fingerprint density at radius 3 is 2.77 bits per heavy atom. The fourth-order valence-corrected chi connectivity index (χ4v) is 2.90. The van der Waals surface area contributed by atoms with Gasteiger partial charge in [-0.15, -0.1) is 0 Å². The highest BCUT2D eigenvalue weighted by Crippen LogP contribution is 2.16. The van der Waals surface area contributed by atoms with Crippen LogP contribution in [0.3, 0.4) is 0 Å². The lowest BCUT2D eigenvalue weighted by molar-refractivity contribution is -0.884. The van der Waals surface area contributed by atoms with E-state index in [0.29, 0.717) is 0 Å². The van der Waals surface area contributed by atoms with Gasteiger partial charge in [-0.1, -0.05) is 0 Å². The first-order valence-corrected chi connectivity index (χ1v) is 7.93. The molecule has 0 unspecified atom stereocenters. The molecule has 2 aromatic heterocycles. The Hall–Kier alpha value is -2.01. The molecule has 5 nitrogen and oxygen atoms in total. The Morgan fingerprint density at radius 1 is 1.32 bits per heavy atom. The monoisotopic (exact) mass is 301 g/mol. The van der Waals surface area contributed by atoms with Crippen LogP contribution in [0.25, 0.3) is 0 Å². The Balaban J connectivity index is 1.72. The highest BCUT2D eigenvalue weighted by molar-refractivity contribution is 5.81. The van der Waals surface area contributed by atoms with E-state index in [9.17, 15) is 0 Å². The first kappa shape index (κ1) is 14.9. The predicted molar refractivity (Wildman–Crippen MR) is 87.5 cm³/mol. The summed E-state index contributed by atoms with van der Waals surface area (Å²) in [5.41, 5.74) is 3.66. The molecule has 1 N–H and O–H groups in total. The molecule has 0 radical (unpaired) electrons. The second-order valence-corrected chi connectivity index (χ2v) is 6.15. The third kappa shape index (κ3) is 3.25. The molecule has 5 heteroatoms. The summed E-state index contributed by atoms with van der Waals surface area (Å²) in [4.78, 5) is 1.59. The summed E-state index contributed by atoms with van der Waals surface area (Å²) in [6, 6.07) is 6.14. The number of furan rings is 1. The zero-order valence-electron chi connectivity index (χ0n) is 13.7. The Bertz CT molecular complexity index is 634. The van der Waals surface area contributed by atoms with E-state index in [0.717, 1.165) is 38.5 Å². The standard InChI is InChI=1S/C17H24N4O/c1-14-11-16(12-18-20-8-6-19(3)7-9-20)15(2)21(14)13-17-5-4-10-22-17/h4-5,10-12H,6-9,13H2,1-3H3/p+1/b18-12-. The topological polar surface area (TPSA) is 38.1 Å². The number of nitrogens with zero attached hydrogens (tertiary/aromatic N) is 3. The molecular weight excluding hydrogens is 276 g/mol. The van der Waals surface area contributed by atoms with E-state index in [4.69, 9.17) is 4.42 Å². The third-order valence-corrected chi connectivity index (χ3v) is 4.46. The number of aryl methyl sites for hydroxylation is 1. The maximum atomic E-state index is 5.46. The van der Waals surface area contributed by atoms with Crippen molar-refractivity contribution in [3.63, 3.8) is 0 Å². The van der Waals surface area contributed by atoms with Crippen LogP contribution in [-0.4, -0.2) is 49.0 Å². The molecule has 3 rings (SSSR count). The van der Waals surface area contributed by atoms with Crippen LogP contribution >= 0.6 is 0 Å². The quantitative estimate of drug-likeness (QED) is 0.853. The molecule has 1 aliphatic rings. The van der Waals surface area contributed by atoms with E-state index in [-0.39, 0.29) is 0 Å². The van der Waals surface area contributed by atoms with E-state index in [1.165, 1.54) is 17.0 Å². The number of quaternary nitrogens is 1. The molecule has 3 heterocycles. The summed E-state index contributed by atoms with van der Waals surface area (Å²) < 4.78 is 7.73. The zero-order valence-corrected chi connectivity index (χ0v) is 13.7. The number of nitrogens with one attached hydrogen (secondary N) is 1. The molecule has 22 heavy (non-hydrogen) atoms. The fourth-order valence-electron chi connectivity index (χ4n) is 2.90. The van der Waals surface area contributed by atoms with Gasteiger partial charge < -0.3 is 13.9 Å². The largest absolute Gasteiger partial charge is 0.467 e. The highest BCUT2D eigenvalue weighted by Gasteiger charge is 2.15. The van der Waals surface area contributed by atoms with Crippen molar-refractivity contribution >= 4 is 6.21 Å². The van der Waals surface area contributed by atoms with Crippen molar-refractivity contribution in [2.75, 3.05) is 33.2 Å². The molecule has 2 aromatic rings. The van der Waals surface area contributed by atoms with Crippen molar-refractivity contribution in [2.24, 2.45) is 5.10 Å². The molecule has 1 aliphatic heterocycles. The summed E-state index contributed by atoms with van der Waals surface area (Å²) in [7, 11) is 2.24. The van der Waals surface area contributed by atoms with Gasteiger partial charge in [0.1, 0.15) is 5.76 Å². The van der Waals surface area contributed by atoms with Crippen LogP contribution in [0.4, 0.5) is 0 Å². The van der Waals surface area contributed by atoms with Crippen LogP contribution in [0.15, 0.2) is 34.0 Å². The van der Waals surface area contributed by atoms with E-state index in [1.807, 2.05) is 18.3 Å². The van der Waals surface area contributed by atoms with E-state index >= 15 is 0 Å². The van der Waals surface area contributed by atoms with Gasteiger partial charge in [0, 0.05) is 17.0 Å². The first-order chi connectivity index (χ1) is 10.6. The molecule has 0 spiro atoms. The molecular formula is C17H25N4O+. The van der Waals surface area contributed by atoms with E-state index in [2.05, 4.69) is 41.6 Å². The lowest BCUT2D eigenvalue weighted by Gasteiger charge is -2.27. The van der Waals surface area contributed by atoms with Crippen molar-refractivity contribution in [2.45, 2.75) is 20.4 Å². The highest BCUT2D eigenvalue weighted by atomic mass is 16.3. The molecule has 1 fully saturated rings. The van der Waals surface area contributed by atoms with Crippen molar-refractivity contribution in [3.8, 4) is 0 Å². The number of likely N-dealkylation sites (N-methyl/N-ethyl adjacent to an activating group) is 1. The molecule has 0 saturated carbocycles. The van der Waals surface area contributed by atoms with Crippen LogP contribution in [-0.2, 0) is 6.54 Å². The summed E-state index contributed by atoms with van der Waals surface area (Å²) in [5, 5.41) is 6.83. The van der Waals surface area contributed by atoms with Gasteiger partial charge in [-0.2, -0.15) is 5.10 Å². The molecule has 0 atom stereocenters. The van der Waals surface area contributed by atoms with E-state index in [1.54, 1.807) is 11.2 Å². The zero-order chi connectivity index (χ0) is 15.5. The molecule has 0 aromatic carbocycles. The summed E-state index contributed by atoms with van der Waals surface area (Å²) in [6.07, 6.45) is 3.73. The average Bonchev–Trinajstić information content (AvgIpc) is 3.11. The molecule has 1 saturated heterocycles. The summed E-state index contributed by atoms with van der Waals surface area (Å²) in [5.74, 6) is 0.979. The first-order valence-electron chi connectivity index (χ1n) is 7.93. The van der Waals surface area contributed by atoms with Gasteiger partial charge >= 0.3 is 0 Å². The normalized spacial score (nSPS) is 16.8. The van der Waals surface area contributed by atoms with Crippen molar-refractivity contribution < 1.29 is 9.32 Å². The Kier molecular flexibility index (Phi) is 4.34. The molecule has 0 amide bonds. The van der Waals surface area contributed by atoms with Crippen LogP contribution < -0.4 is 4.90 Å². The lowest BCUT2D eigenvalue weighted by atomic mass is 10.2. The van der Waals surface area contributed by atoms with Crippen LogP contribution in [0.1, 0.15) is 22.7 Å².